The molecule has 2 N–H and O–H groups in total. The van der Waals surface area contributed by atoms with Gasteiger partial charge in [-0.15, -0.1) is 0 Å². The minimum atomic E-state index is -0.699. The highest BCUT2D eigenvalue weighted by Crippen LogP contribution is 2.36. The summed E-state index contributed by atoms with van der Waals surface area (Å²) in [4.78, 5) is 38.3. The molecular formula is C26H20BrClFN3O4. The van der Waals surface area contributed by atoms with Crippen molar-refractivity contribution in [3.63, 3.8) is 0 Å². The average Bonchev–Trinajstić information content (AvgIpc) is 3.07. The fourth-order valence-electron chi connectivity index (χ4n) is 3.49. The maximum atomic E-state index is 13.1. The molecule has 3 aromatic carbocycles. The number of carbonyl (C=O) groups is 3. The van der Waals surface area contributed by atoms with E-state index in [1.807, 2.05) is 13.0 Å². The molecule has 0 saturated carbocycles. The van der Waals surface area contributed by atoms with Crippen LogP contribution < -0.4 is 15.4 Å². The van der Waals surface area contributed by atoms with Crippen molar-refractivity contribution in [3.05, 3.63) is 98.4 Å². The molecule has 1 fully saturated rings. The topological polar surface area (TPSA) is 87.7 Å². The number of urea groups is 1. The van der Waals surface area contributed by atoms with Gasteiger partial charge < -0.3 is 15.4 Å². The van der Waals surface area contributed by atoms with Gasteiger partial charge in [0.05, 0.1) is 9.50 Å². The van der Waals surface area contributed by atoms with Crippen molar-refractivity contribution >= 4 is 57.1 Å². The number of carbonyl (C=O) groups excluding carboxylic acids is 3. The summed E-state index contributed by atoms with van der Waals surface area (Å²) in [6, 6.07) is 15.6. The molecular weight excluding hydrogens is 553 g/mol. The Bertz CT molecular complexity index is 1350. The standard InChI is InChI=1S/C26H20BrClFN3O4/c1-15-3-2-4-19(9-15)30-23(33)13-32-25(34)22(31-26(32)35)12-17-10-20(27)24(21(28)11-17)36-14-16-5-7-18(29)8-6-16/h2-12H,13-14H2,1H3,(H,30,33)(H,31,35)/b22-12+. The van der Waals surface area contributed by atoms with Gasteiger partial charge >= 0.3 is 6.03 Å². The van der Waals surface area contributed by atoms with E-state index in [9.17, 15) is 18.8 Å². The van der Waals surface area contributed by atoms with E-state index in [4.69, 9.17) is 16.3 Å². The summed E-state index contributed by atoms with van der Waals surface area (Å²) in [5, 5.41) is 5.43. The quantitative estimate of drug-likeness (QED) is 0.283. The van der Waals surface area contributed by atoms with Crippen molar-refractivity contribution < 1.29 is 23.5 Å². The SMILES string of the molecule is Cc1cccc(NC(=O)CN2C(=O)N/C(=C/c3cc(Cl)c(OCc4ccc(F)cc4)c(Br)c3)C2=O)c1. The van der Waals surface area contributed by atoms with Crippen LogP contribution in [0.4, 0.5) is 14.9 Å². The summed E-state index contributed by atoms with van der Waals surface area (Å²) < 4.78 is 19.4. The van der Waals surface area contributed by atoms with Crippen LogP contribution in [-0.4, -0.2) is 29.3 Å². The molecule has 3 aromatic rings. The molecule has 0 unspecified atom stereocenters. The highest BCUT2D eigenvalue weighted by Gasteiger charge is 2.35. The number of nitrogens with zero attached hydrogens (tertiary/aromatic N) is 1. The monoisotopic (exact) mass is 571 g/mol. The molecule has 10 heteroatoms. The second-order valence-corrected chi connectivity index (χ2v) is 9.29. The van der Waals surface area contributed by atoms with E-state index in [0.717, 1.165) is 16.0 Å². The van der Waals surface area contributed by atoms with E-state index >= 15 is 0 Å². The van der Waals surface area contributed by atoms with Gasteiger partial charge in [0.2, 0.25) is 5.91 Å². The number of ether oxygens (including phenoxy) is 1. The lowest BCUT2D eigenvalue weighted by molar-refractivity contribution is -0.127. The van der Waals surface area contributed by atoms with Crippen molar-refractivity contribution in [2.45, 2.75) is 13.5 Å². The molecule has 0 aromatic heterocycles. The van der Waals surface area contributed by atoms with Gasteiger partial charge in [0.25, 0.3) is 5.91 Å². The van der Waals surface area contributed by atoms with Crippen LogP contribution in [0.15, 0.2) is 70.8 Å². The molecule has 36 heavy (non-hydrogen) atoms. The van der Waals surface area contributed by atoms with Crippen molar-refractivity contribution in [2.75, 3.05) is 11.9 Å². The first-order valence-corrected chi connectivity index (χ1v) is 11.9. The molecule has 1 heterocycles. The Morgan fingerprint density at radius 3 is 2.61 bits per heavy atom. The van der Waals surface area contributed by atoms with Crippen LogP contribution in [-0.2, 0) is 16.2 Å². The van der Waals surface area contributed by atoms with Crippen LogP contribution in [0, 0.1) is 12.7 Å². The molecule has 0 atom stereocenters. The molecule has 1 aliphatic heterocycles. The van der Waals surface area contributed by atoms with Crippen LogP contribution in [0.1, 0.15) is 16.7 Å². The molecule has 0 aliphatic carbocycles. The Morgan fingerprint density at radius 2 is 1.92 bits per heavy atom. The minimum absolute atomic E-state index is 0.00584. The third kappa shape index (κ3) is 6.10. The summed E-state index contributed by atoms with van der Waals surface area (Å²) in [6.07, 6.45) is 1.46. The first-order valence-electron chi connectivity index (χ1n) is 10.8. The molecule has 1 saturated heterocycles. The van der Waals surface area contributed by atoms with Gasteiger partial charge in [-0.05, 0) is 82.0 Å². The number of imide groups is 1. The number of anilines is 1. The van der Waals surface area contributed by atoms with Crippen LogP contribution in [0.3, 0.4) is 0 Å². The number of amides is 4. The largest absolute Gasteiger partial charge is 0.486 e. The zero-order valence-electron chi connectivity index (χ0n) is 19.0. The summed E-state index contributed by atoms with van der Waals surface area (Å²) in [5.74, 6) is -1.10. The second kappa shape index (κ2) is 10.9. The Balaban J connectivity index is 1.43. The van der Waals surface area contributed by atoms with Crippen LogP contribution in [0.25, 0.3) is 6.08 Å². The lowest BCUT2D eigenvalue weighted by atomic mass is 10.1. The predicted octanol–water partition coefficient (Wildman–Crippen LogP) is 5.66. The summed E-state index contributed by atoms with van der Waals surface area (Å²) >= 11 is 9.79. The highest BCUT2D eigenvalue weighted by atomic mass is 79.9. The lowest BCUT2D eigenvalue weighted by Gasteiger charge is -2.12. The van der Waals surface area contributed by atoms with E-state index in [2.05, 4.69) is 26.6 Å². The summed E-state index contributed by atoms with van der Waals surface area (Å²) in [7, 11) is 0. The third-order valence-corrected chi connectivity index (χ3v) is 6.06. The second-order valence-electron chi connectivity index (χ2n) is 8.03. The molecule has 4 rings (SSSR count). The van der Waals surface area contributed by atoms with Crippen molar-refractivity contribution in [1.82, 2.24) is 10.2 Å². The zero-order chi connectivity index (χ0) is 25.8. The van der Waals surface area contributed by atoms with E-state index < -0.39 is 24.4 Å². The van der Waals surface area contributed by atoms with Gasteiger partial charge in [-0.2, -0.15) is 0 Å². The van der Waals surface area contributed by atoms with Crippen molar-refractivity contribution in [3.8, 4) is 5.75 Å². The van der Waals surface area contributed by atoms with E-state index in [-0.39, 0.29) is 23.1 Å². The van der Waals surface area contributed by atoms with E-state index in [1.165, 1.54) is 18.2 Å². The fourth-order valence-corrected chi connectivity index (χ4v) is 4.47. The lowest BCUT2D eigenvalue weighted by Crippen LogP contribution is -2.38. The average molecular weight is 573 g/mol. The van der Waals surface area contributed by atoms with Crippen molar-refractivity contribution in [1.29, 1.82) is 0 Å². The molecule has 4 amide bonds. The van der Waals surface area contributed by atoms with Crippen LogP contribution >= 0.6 is 27.5 Å². The summed E-state index contributed by atoms with van der Waals surface area (Å²) in [5.41, 5.74) is 2.83. The Labute approximate surface area is 220 Å². The van der Waals surface area contributed by atoms with Gasteiger partial charge in [0.15, 0.2) is 5.75 Å². The molecule has 0 bridgehead atoms. The minimum Gasteiger partial charge on any atom is -0.486 e. The van der Waals surface area contributed by atoms with Gasteiger partial charge in [0.1, 0.15) is 24.7 Å². The van der Waals surface area contributed by atoms with E-state index in [1.54, 1.807) is 42.5 Å². The van der Waals surface area contributed by atoms with Gasteiger partial charge in [-0.3, -0.25) is 9.59 Å². The Hall–Kier alpha value is -3.69. The molecule has 7 nitrogen and oxygen atoms in total. The number of hydrogen-bond donors (Lipinski definition) is 2. The van der Waals surface area contributed by atoms with E-state index in [0.29, 0.717) is 21.5 Å². The number of hydrogen-bond acceptors (Lipinski definition) is 4. The Morgan fingerprint density at radius 1 is 1.17 bits per heavy atom. The summed E-state index contributed by atoms with van der Waals surface area (Å²) in [6.45, 7) is 1.63. The zero-order valence-corrected chi connectivity index (χ0v) is 21.3. The van der Waals surface area contributed by atoms with Crippen molar-refractivity contribution in [2.24, 2.45) is 0 Å². The molecule has 0 spiro atoms. The molecule has 184 valence electrons. The smallest absolute Gasteiger partial charge is 0.329 e. The first-order chi connectivity index (χ1) is 17.2. The maximum absolute atomic E-state index is 13.1. The number of rotatable bonds is 7. The highest BCUT2D eigenvalue weighted by molar-refractivity contribution is 9.10. The molecule has 1 aliphatic rings. The fraction of sp³-hybridized carbons (Fsp3) is 0.115. The number of nitrogens with one attached hydrogen (secondary N) is 2. The third-order valence-electron chi connectivity index (χ3n) is 5.19. The molecule has 0 radical (unpaired) electrons. The van der Waals surface area contributed by atoms with Gasteiger partial charge in [0, 0.05) is 5.69 Å². The predicted molar refractivity (Wildman–Crippen MR) is 138 cm³/mol. The maximum Gasteiger partial charge on any atom is 0.329 e. The number of benzene rings is 3. The Kier molecular flexibility index (Phi) is 7.71. The number of halogens is 3. The van der Waals surface area contributed by atoms with Gasteiger partial charge in [-0.25, -0.2) is 14.1 Å². The van der Waals surface area contributed by atoms with Gasteiger partial charge in [-0.1, -0.05) is 35.9 Å². The normalized spacial score (nSPS) is 14.2. The van der Waals surface area contributed by atoms with Crippen LogP contribution in [0.2, 0.25) is 5.02 Å². The first kappa shape index (κ1) is 25.4. The van der Waals surface area contributed by atoms with Crippen LogP contribution in [0.5, 0.6) is 5.75 Å². The number of aryl methyl sites for hydroxylation is 1.